The summed E-state index contributed by atoms with van der Waals surface area (Å²) < 4.78 is 5.32. The molecule has 1 unspecified atom stereocenters. The Kier molecular flexibility index (Phi) is 3.03. The van der Waals surface area contributed by atoms with Gasteiger partial charge in [0, 0.05) is 20.2 Å². The van der Waals surface area contributed by atoms with E-state index in [1.54, 1.807) is 7.11 Å². The van der Waals surface area contributed by atoms with Crippen LogP contribution in [0.5, 0.6) is 0 Å². The number of hydrogen-bond donors (Lipinski definition) is 2. The van der Waals surface area contributed by atoms with Crippen LogP contribution in [0.15, 0.2) is 23.8 Å². The zero-order valence-corrected chi connectivity index (χ0v) is 7.42. The van der Waals surface area contributed by atoms with E-state index in [0.29, 0.717) is 13.1 Å². The minimum Gasteiger partial charge on any atom is -0.372 e. The molecule has 0 aromatic carbocycles. The largest absolute Gasteiger partial charge is 0.372 e. The first kappa shape index (κ1) is 9.45. The summed E-state index contributed by atoms with van der Waals surface area (Å²) in [6.07, 6.45) is 6.88. The lowest BCUT2D eigenvalue weighted by Crippen LogP contribution is -2.38. The van der Waals surface area contributed by atoms with Crippen LogP contribution in [0.25, 0.3) is 0 Å². The molecule has 0 aromatic heterocycles. The fraction of sp³-hybridized carbons (Fsp3) is 0.556. The maximum Gasteiger partial charge on any atom is 0.102 e. The third kappa shape index (κ3) is 1.75. The molecule has 0 radical (unpaired) electrons. The highest BCUT2D eigenvalue weighted by Crippen LogP contribution is 2.22. The average Bonchev–Trinajstić information content (AvgIpc) is 2.18. The van der Waals surface area contributed by atoms with Crippen molar-refractivity contribution in [2.45, 2.75) is 12.0 Å². The minimum atomic E-state index is -0.293. The van der Waals surface area contributed by atoms with E-state index in [-0.39, 0.29) is 5.60 Å². The highest BCUT2D eigenvalue weighted by atomic mass is 16.5. The second-order valence-electron chi connectivity index (χ2n) is 2.99. The first-order valence-electron chi connectivity index (χ1n) is 4.10. The van der Waals surface area contributed by atoms with Crippen molar-refractivity contribution in [2.24, 2.45) is 11.5 Å². The smallest absolute Gasteiger partial charge is 0.102 e. The third-order valence-electron chi connectivity index (χ3n) is 2.30. The van der Waals surface area contributed by atoms with Crippen LogP contribution in [0, 0.1) is 0 Å². The van der Waals surface area contributed by atoms with Crippen molar-refractivity contribution >= 4 is 0 Å². The molecule has 0 aliphatic heterocycles. The second-order valence-corrected chi connectivity index (χ2v) is 2.99. The number of ether oxygens (including phenoxy) is 1. The number of methoxy groups -OCH3 is 1. The number of hydrogen-bond acceptors (Lipinski definition) is 3. The molecule has 1 aliphatic rings. The van der Waals surface area contributed by atoms with E-state index in [2.05, 4.69) is 6.08 Å². The molecule has 0 bridgehead atoms. The van der Waals surface area contributed by atoms with Crippen molar-refractivity contribution in [3.63, 3.8) is 0 Å². The fourth-order valence-corrected chi connectivity index (χ4v) is 1.24. The Morgan fingerprint density at radius 3 is 2.67 bits per heavy atom. The van der Waals surface area contributed by atoms with Crippen molar-refractivity contribution in [1.29, 1.82) is 0 Å². The number of nitrogens with two attached hydrogens (primary N) is 2. The van der Waals surface area contributed by atoms with Gasteiger partial charge < -0.3 is 16.2 Å². The molecular weight excluding hydrogens is 152 g/mol. The highest BCUT2D eigenvalue weighted by molar-refractivity contribution is 5.29. The summed E-state index contributed by atoms with van der Waals surface area (Å²) in [4.78, 5) is 0. The van der Waals surface area contributed by atoms with Gasteiger partial charge in [0.1, 0.15) is 5.60 Å². The van der Waals surface area contributed by atoms with Crippen LogP contribution in [0.1, 0.15) is 6.42 Å². The van der Waals surface area contributed by atoms with E-state index in [1.165, 1.54) is 0 Å². The minimum absolute atomic E-state index is 0.293. The molecule has 0 spiro atoms. The Morgan fingerprint density at radius 1 is 1.58 bits per heavy atom. The van der Waals surface area contributed by atoms with Crippen LogP contribution >= 0.6 is 0 Å². The van der Waals surface area contributed by atoms with E-state index in [0.717, 1.165) is 12.0 Å². The fourth-order valence-electron chi connectivity index (χ4n) is 1.24. The molecule has 0 fully saturated rings. The van der Waals surface area contributed by atoms with Crippen molar-refractivity contribution in [3.05, 3.63) is 23.8 Å². The molecule has 0 saturated heterocycles. The molecule has 4 N–H and O–H groups in total. The summed E-state index contributed by atoms with van der Waals surface area (Å²) >= 11 is 0. The molecule has 12 heavy (non-hydrogen) atoms. The van der Waals surface area contributed by atoms with Gasteiger partial charge in [0.25, 0.3) is 0 Å². The van der Waals surface area contributed by atoms with Crippen LogP contribution < -0.4 is 11.5 Å². The zero-order chi connectivity index (χ0) is 9.03. The summed E-state index contributed by atoms with van der Waals surface area (Å²) in [6.45, 7) is 1.09. The normalized spacial score (nSPS) is 28.8. The summed E-state index contributed by atoms with van der Waals surface area (Å²) in [7, 11) is 1.68. The molecule has 0 saturated carbocycles. The topological polar surface area (TPSA) is 61.3 Å². The molecule has 68 valence electrons. The van der Waals surface area contributed by atoms with Gasteiger partial charge in [-0.05, 0) is 12.0 Å². The van der Waals surface area contributed by atoms with Crippen LogP contribution in [0.3, 0.4) is 0 Å². The molecule has 0 heterocycles. The Balaban J connectivity index is 2.67. The van der Waals surface area contributed by atoms with Gasteiger partial charge in [0.15, 0.2) is 0 Å². The van der Waals surface area contributed by atoms with Gasteiger partial charge >= 0.3 is 0 Å². The highest BCUT2D eigenvalue weighted by Gasteiger charge is 2.25. The molecule has 1 aliphatic carbocycles. The lowest BCUT2D eigenvalue weighted by molar-refractivity contribution is 0.0413. The van der Waals surface area contributed by atoms with Gasteiger partial charge in [0.05, 0.1) is 0 Å². The van der Waals surface area contributed by atoms with Crippen molar-refractivity contribution in [2.75, 3.05) is 20.2 Å². The molecule has 0 amide bonds. The van der Waals surface area contributed by atoms with E-state index < -0.39 is 0 Å². The quantitative estimate of drug-likeness (QED) is 0.631. The van der Waals surface area contributed by atoms with Crippen LogP contribution in [-0.2, 0) is 4.74 Å². The van der Waals surface area contributed by atoms with Gasteiger partial charge in [0.2, 0.25) is 0 Å². The molecule has 3 nitrogen and oxygen atoms in total. The Morgan fingerprint density at radius 2 is 2.33 bits per heavy atom. The zero-order valence-electron chi connectivity index (χ0n) is 7.42. The van der Waals surface area contributed by atoms with Gasteiger partial charge in [-0.25, -0.2) is 0 Å². The maximum atomic E-state index is 5.60. The molecule has 0 aromatic rings. The van der Waals surface area contributed by atoms with E-state index >= 15 is 0 Å². The Labute approximate surface area is 73.1 Å². The molecule has 3 heteroatoms. The predicted octanol–water partition coefficient (Wildman–Crippen LogP) is 0.175. The van der Waals surface area contributed by atoms with Crippen molar-refractivity contribution < 1.29 is 4.74 Å². The lowest BCUT2D eigenvalue weighted by atomic mass is 9.92. The molecule has 1 rings (SSSR count). The summed E-state index contributed by atoms with van der Waals surface area (Å²) in [5, 5.41) is 0. The van der Waals surface area contributed by atoms with E-state index in [9.17, 15) is 0 Å². The number of rotatable bonds is 3. The first-order chi connectivity index (χ1) is 5.76. The second kappa shape index (κ2) is 3.85. The van der Waals surface area contributed by atoms with Crippen molar-refractivity contribution in [3.8, 4) is 0 Å². The third-order valence-corrected chi connectivity index (χ3v) is 2.30. The van der Waals surface area contributed by atoms with Crippen LogP contribution in [-0.4, -0.2) is 25.8 Å². The first-order valence-corrected chi connectivity index (χ1v) is 4.10. The average molecular weight is 168 g/mol. The molecular formula is C9H16N2O. The van der Waals surface area contributed by atoms with Crippen LogP contribution in [0.4, 0.5) is 0 Å². The standard InChI is InChI=1S/C9H16N2O/c1-12-9(7-11)4-2-8(6-10)3-5-9/h2-4H,5-7,10-11H2,1H3. The van der Waals surface area contributed by atoms with Crippen molar-refractivity contribution in [1.82, 2.24) is 0 Å². The SMILES string of the molecule is COC1(CN)C=CC(CN)=CC1. The van der Waals surface area contributed by atoms with Crippen LogP contribution in [0.2, 0.25) is 0 Å². The monoisotopic (exact) mass is 168 g/mol. The lowest BCUT2D eigenvalue weighted by Gasteiger charge is -2.29. The van der Waals surface area contributed by atoms with E-state index in [1.807, 2.05) is 12.2 Å². The molecule has 1 atom stereocenters. The van der Waals surface area contributed by atoms with Gasteiger partial charge in [-0.3, -0.25) is 0 Å². The van der Waals surface area contributed by atoms with Gasteiger partial charge in [-0.2, -0.15) is 0 Å². The summed E-state index contributed by atoms with van der Waals surface area (Å²) in [5.41, 5.74) is 11.9. The Bertz CT molecular complexity index is 205. The maximum absolute atomic E-state index is 5.60. The van der Waals surface area contributed by atoms with E-state index in [4.69, 9.17) is 16.2 Å². The van der Waals surface area contributed by atoms with Gasteiger partial charge in [-0.15, -0.1) is 0 Å². The summed E-state index contributed by atoms with van der Waals surface area (Å²) in [6, 6.07) is 0. The summed E-state index contributed by atoms with van der Waals surface area (Å²) in [5.74, 6) is 0. The Hall–Kier alpha value is -0.640. The van der Waals surface area contributed by atoms with Gasteiger partial charge in [-0.1, -0.05) is 18.2 Å². The predicted molar refractivity (Wildman–Crippen MR) is 49.7 cm³/mol.